The molecule has 0 saturated heterocycles. The first-order valence-electron chi connectivity index (χ1n) is 8.52. The van der Waals surface area contributed by atoms with Gasteiger partial charge in [0.25, 0.3) is 0 Å². The largest absolute Gasteiger partial charge is 0.493 e. The Morgan fingerprint density at radius 2 is 1.78 bits per heavy atom. The van der Waals surface area contributed by atoms with E-state index in [0.29, 0.717) is 40.6 Å². The van der Waals surface area contributed by atoms with E-state index in [0.717, 1.165) is 5.56 Å². The number of primary amides is 1. The maximum atomic E-state index is 12.6. The maximum Gasteiger partial charge on any atom is 0.248 e. The highest BCUT2D eigenvalue weighted by Gasteiger charge is 2.35. The van der Waals surface area contributed by atoms with E-state index < -0.39 is 11.8 Å². The lowest BCUT2D eigenvalue weighted by atomic mass is 9.93. The molecule has 1 atom stereocenters. The summed E-state index contributed by atoms with van der Waals surface area (Å²) in [5.41, 5.74) is 8.52. The number of nitrogens with zero attached hydrogens (tertiary/aromatic N) is 1. The first kappa shape index (κ1) is 18.4. The van der Waals surface area contributed by atoms with Gasteiger partial charge in [0.15, 0.2) is 11.5 Å². The number of carbonyl (C=O) groups excluding carboxylic acids is 2. The third-order valence-electron chi connectivity index (χ3n) is 4.51. The maximum absolute atomic E-state index is 12.6. The summed E-state index contributed by atoms with van der Waals surface area (Å²) in [7, 11) is 3.10. The monoisotopic (exact) mass is 367 g/mol. The fourth-order valence-corrected chi connectivity index (χ4v) is 3.13. The van der Waals surface area contributed by atoms with Crippen LogP contribution in [0.2, 0.25) is 0 Å². The molecule has 1 unspecified atom stereocenters. The Balaban J connectivity index is 2.01. The summed E-state index contributed by atoms with van der Waals surface area (Å²) in [5, 5.41) is 2.88. The van der Waals surface area contributed by atoms with Gasteiger partial charge in [0.1, 0.15) is 5.92 Å². The summed E-state index contributed by atoms with van der Waals surface area (Å²) in [6, 6.07) is 10.2. The van der Waals surface area contributed by atoms with E-state index in [1.165, 1.54) is 0 Å². The number of anilines is 1. The number of carbonyl (C=O) groups is 2. The van der Waals surface area contributed by atoms with Crippen molar-refractivity contribution in [3.63, 3.8) is 0 Å². The Labute approximate surface area is 157 Å². The number of fused-ring (bicyclic) bond motifs is 1. The molecule has 7 nitrogen and oxygen atoms in total. The molecular formula is C20H21N3O4. The molecule has 2 aromatic rings. The number of nitrogens with two attached hydrogens (primary N) is 1. The van der Waals surface area contributed by atoms with E-state index >= 15 is 0 Å². The predicted molar refractivity (Wildman–Crippen MR) is 103 cm³/mol. The lowest BCUT2D eigenvalue weighted by Gasteiger charge is -2.14. The number of hydrogen-bond donors (Lipinski definition) is 2. The zero-order valence-corrected chi connectivity index (χ0v) is 15.4. The number of amides is 2. The lowest BCUT2D eigenvalue weighted by molar-refractivity contribution is -0.115. The highest BCUT2D eigenvalue weighted by molar-refractivity contribution is 6.19. The van der Waals surface area contributed by atoms with Crippen molar-refractivity contribution in [3.05, 3.63) is 47.5 Å². The SMILES string of the molecule is CCC(=Nc1ccc(C(N)=O)cc1)C1C(=O)Nc2cc(OC)c(OC)cc21. The van der Waals surface area contributed by atoms with Gasteiger partial charge in [-0.3, -0.25) is 14.6 Å². The van der Waals surface area contributed by atoms with E-state index in [1.807, 2.05) is 6.92 Å². The van der Waals surface area contributed by atoms with Gasteiger partial charge in [-0.2, -0.15) is 0 Å². The second kappa shape index (κ2) is 7.49. The summed E-state index contributed by atoms with van der Waals surface area (Å²) in [5.74, 6) is -0.0464. The second-order valence-electron chi connectivity index (χ2n) is 6.08. The van der Waals surface area contributed by atoms with Gasteiger partial charge in [-0.25, -0.2) is 0 Å². The molecule has 3 rings (SSSR count). The third kappa shape index (κ3) is 3.48. The van der Waals surface area contributed by atoms with Crippen LogP contribution in [0.15, 0.2) is 41.4 Å². The lowest BCUT2D eigenvalue weighted by Crippen LogP contribution is -2.20. The molecule has 1 heterocycles. The van der Waals surface area contributed by atoms with Gasteiger partial charge in [-0.05, 0) is 42.3 Å². The van der Waals surface area contributed by atoms with Crippen molar-refractivity contribution in [3.8, 4) is 11.5 Å². The molecule has 0 bridgehead atoms. The van der Waals surface area contributed by atoms with Crippen LogP contribution in [-0.2, 0) is 4.79 Å². The van der Waals surface area contributed by atoms with Gasteiger partial charge >= 0.3 is 0 Å². The van der Waals surface area contributed by atoms with Gasteiger partial charge in [0.2, 0.25) is 11.8 Å². The normalized spacial score (nSPS) is 15.9. The average molecular weight is 367 g/mol. The summed E-state index contributed by atoms with van der Waals surface area (Å²) < 4.78 is 10.7. The Bertz CT molecular complexity index is 920. The van der Waals surface area contributed by atoms with Crippen molar-refractivity contribution in [1.29, 1.82) is 0 Å². The van der Waals surface area contributed by atoms with Crippen LogP contribution in [0, 0.1) is 0 Å². The molecule has 2 aromatic carbocycles. The van der Waals surface area contributed by atoms with Crippen LogP contribution < -0.4 is 20.5 Å². The molecule has 0 aliphatic carbocycles. The number of methoxy groups -OCH3 is 2. The number of nitrogens with one attached hydrogen (secondary N) is 1. The van der Waals surface area contributed by atoms with E-state index in [2.05, 4.69) is 10.3 Å². The van der Waals surface area contributed by atoms with E-state index in [9.17, 15) is 9.59 Å². The van der Waals surface area contributed by atoms with Crippen LogP contribution in [0.4, 0.5) is 11.4 Å². The Morgan fingerprint density at radius 3 is 2.33 bits per heavy atom. The molecule has 0 fully saturated rings. The van der Waals surface area contributed by atoms with Gasteiger partial charge in [-0.15, -0.1) is 0 Å². The zero-order valence-electron chi connectivity index (χ0n) is 15.4. The quantitative estimate of drug-likeness (QED) is 0.766. The number of rotatable bonds is 6. The Kier molecular flexibility index (Phi) is 5.12. The van der Waals surface area contributed by atoms with E-state index in [1.54, 1.807) is 50.6 Å². The second-order valence-corrected chi connectivity index (χ2v) is 6.08. The molecule has 7 heteroatoms. The van der Waals surface area contributed by atoms with Crippen LogP contribution in [0.1, 0.15) is 35.2 Å². The van der Waals surface area contributed by atoms with Crippen LogP contribution >= 0.6 is 0 Å². The molecule has 0 radical (unpaired) electrons. The van der Waals surface area contributed by atoms with Crippen molar-refractivity contribution in [1.82, 2.24) is 0 Å². The van der Waals surface area contributed by atoms with Crippen LogP contribution in [0.25, 0.3) is 0 Å². The molecule has 1 aliphatic rings. The molecule has 1 aliphatic heterocycles. The smallest absolute Gasteiger partial charge is 0.248 e. The highest BCUT2D eigenvalue weighted by atomic mass is 16.5. The third-order valence-corrected chi connectivity index (χ3v) is 4.51. The Morgan fingerprint density at radius 1 is 1.15 bits per heavy atom. The summed E-state index contributed by atoms with van der Waals surface area (Å²) >= 11 is 0. The fourth-order valence-electron chi connectivity index (χ4n) is 3.13. The summed E-state index contributed by atoms with van der Waals surface area (Å²) in [6.07, 6.45) is 0.587. The number of benzene rings is 2. The minimum absolute atomic E-state index is 0.144. The van der Waals surface area contributed by atoms with Crippen molar-refractivity contribution in [2.24, 2.45) is 10.7 Å². The topological polar surface area (TPSA) is 103 Å². The molecule has 3 N–H and O–H groups in total. The van der Waals surface area contributed by atoms with Crippen molar-refractivity contribution < 1.29 is 19.1 Å². The first-order valence-corrected chi connectivity index (χ1v) is 8.52. The molecule has 0 spiro atoms. The van der Waals surface area contributed by atoms with Crippen LogP contribution in [0.5, 0.6) is 11.5 Å². The molecular weight excluding hydrogens is 346 g/mol. The molecule has 27 heavy (non-hydrogen) atoms. The zero-order chi connectivity index (χ0) is 19.6. The molecule has 2 amide bonds. The van der Waals surface area contributed by atoms with Gasteiger partial charge in [0, 0.05) is 23.0 Å². The van der Waals surface area contributed by atoms with Gasteiger partial charge < -0.3 is 20.5 Å². The molecule has 140 valence electrons. The predicted octanol–water partition coefficient (Wildman–Crippen LogP) is 3.02. The van der Waals surface area contributed by atoms with Crippen molar-refractivity contribution in [2.45, 2.75) is 19.3 Å². The summed E-state index contributed by atoms with van der Waals surface area (Å²) in [6.45, 7) is 1.95. The first-order chi connectivity index (χ1) is 13.0. The van der Waals surface area contributed by atoms with Crippen molar-refractivity contribution in [2.75, 3.05) is 19.5 Å². The van der Waals surface area contributed by atoms with E-state index in [-0.39, 0.29) is 5.91 Å². The summed E-state index contributed by atoms with van der Waals surface area (Å²) in [4.78, 5) is 28.5. The minimum atomic E-state index is -0.513. The number of aliphatic imine (C=N–C) groups is 1. The van der Waals surface area contributed by atoms with Crippen LogP contribution in [-0.4, -0.2) is 31.7 Å². The Hall–Kier alpha value is -3.35. The molecule has 0 saturated carbocycles. The molecule has 0 aromatic heterocycles. The number of hydrogen-bond acceptors (Lipinski definition) is 5. The number of ether oxygens (including phenoxy) is 2. The fraction of sp³-hybridized carbons (Fsp3) is 0.250. The van der Waals surface area contributed by atoms with Crippen molar-refractivity contribution >= 4 is 28.9 Å². The highest BCUT2D eigenvalue weighted by Crippen LogP contribution is 2.42. The van der Waals surface area contributed by atoms with Gasteiger partial charge in [-0.1, -0.05) is 6.92 Å². The standard InChI is InChI=1S/C20H21N3O4/c1-4-14(22-12-7-5-11(6-8-12)19(21)24)18-13-9-16(26-2)17(27-3)10-15(13)23-20(18)25/h5-10,18H,4H2,1-3H3,(H2,21,24)(H,23,25). The van der Waals surface area contributed by atoms with Gasteiger partial charge in [0.05, 0.1) is 19.9 Å². The minimum Gasteiger partial charge on any atom is -0.493 e. The van der Waals surface area contributed by atoms with Crippen LogP contribution in [0.3, 0.4) is 0 Å². The van der Waals surface area contributed by atoms with E-state index in [4.69, 9.17) is 15.2 Å². The average Bonchev–Trinajstić information content (AvgIpc) is 2.99.